The van der Waals surface area contributed by atoms with Crippen LogP contribution in [0.1, 0.15) is 23.1 Å². The zero-order valence-corrected chi connectivity index (χ0v) is 15.4. The molecule has 0 aliphatic carbocycles. The van der Waals surface area contributed by atoms with Crippen LogP contribution in [0, 0.1) is 13.8 Å². The van der Waals surface area contributed by atoms with Crippen molar-refractivity contribution in [2.75, 3.05) is 31.7 Å². The zero-order chi connectivity index (χ0) is 18.3. The fourth-order valence-electron chi connectivity index (χ4n) is 3.19. The van der Waals surface area contributed by atoms with Crippen LogP contribution >= 0.6 is 0 Å². The van der Waals surface area contributed by atoms with E-state index in [1.54, 1.807) is 11.8 Å². The van der Waals surface area contributed by atoms with Crippen LogP contribution in [-0.4, -0.2) is 51.5 Å². The number of anilines is 1. The van der Waals surface area contributed by atoms with E-state index >= 15 is 0 Å². The molecule has 0 amide bonds. The van der Waals surface area contributed by atoms with Gasteiger partial charge in [-0.1, -0.05) is 0 Å². The summed E-state index contributed by atoms with van der Waals surface area (Å²) in [4.78, 5) is 16.0. The highest BCUT2D eigenvalue weighted by atomic mass is 16.5. The highest BCUT2D eigenvalue weighted by molar-refractivity contribution is 5.78. The van der Waals surface area contributed by atoms with Crippen molar-refractivity contribution in [2.24, 2.45) is 7.05 Å². The predicted octanol–water partition coefficient (Wildman–Crippen LogP) is 1.96. The van der Waals surface area contributed by atoms with E-state index in [1.165, 1.54) is 0 Å². The lowest BCUT2D eigenvalue weighted by atomic mass is 10.1. The first-order valence-electron chi connectivity index (χ1n) is 8.60. The van der Waals surface area contributed by atoms with Gasteiger partial charge in [0.2, 0.25) is 5.88 Å². The summed E-state index contributed by atoms with van der Waals surface area (Å²) in [5, 5.41) is 4.25. The normalized spacial score (nSPS) is 17.7. The van der Waals surface area contributed by atoms with Crippen LogP contribution in [0.3, 0.4) is 0 Å². The fourth-order valence-corrected chi connectivity index (χ4v) is 3.19. The molecule has 3 aromatic rings. The summed E-state index contributed by atoms with van der Waals surface area (Å²) in [7, 11) is 3.54. The van der Waals surface area contributed by atoms with Gasteiger partial charge in [0.05, 0.1) is 31.3 Å². The minimum Gasteiger partial charge on any atom is -0.479 e. The third-order valence-corrected chi connectivity index (χ3v) is 4.71. The van der Waals surface area contributed by atoms with Gasteiger partial charge in [0.1, 0.15) is 17.3 Å². The van der Waals surface area contributed by atoms with E-state index in [4.69, 9.17) is 9.47 Å². The maximum atomic E-state index is 5.94. The number of fused-ring (bicyclic) bond motifs is 1. The molecule has 4 heterocycles. The van der Waals surface area contributed by atoms with Crippen LogP contribution in [0.5, 0.6) is 5.88 Å². The number of morpholine rings is 1. The first-order valence-corrected chi connectivity index (χ1v) is 8.60. The summed E-state index contributed by atoms with van der Waals surface area (Å²) < 4.78 is 13.3. The van der Waals surface area contributed by atoms with E-state index < -0.39 is 0 Å². The minimum absolute atomic E-state index is 0.0382. The van der Waals surface area contributed by atoms with E-state index in [2.05, 4.69) is 25.0 Å². The van der Waals surface area contributed by atoms with Crippen molar-refractivity contribution in [3.8, 4) is 5.88 Å². The SMILES string of the molecule is COc1nc2nc(C)c(C)nc2cc1N1CCOC(c2cnn(C)c2)C1. The largest absolute Gasteiger partial charge is 0.479 e. The van der Waals surface area contributed by atoms with Gasteiger partial charge in [-0.25, -0.2) is 9.97 Å². The minimum atomic E-state index is -0.0382. The van der Waals surface area contributed by atoms with Crippen molar-refractivity contribution >= 4 is 16.9 Å². The summed E-state index contributed by atoms with van der Waals surface area (Å²) in [5.41, 5.74) is 5.14. The Bertz CT molecular complexity index is 954. The molecule has 1 aliphatic heterocycles. The quantitative estimate of drug-likeness (QED) is 0.711. The van der Waals surface area contributed by atoms with Crippen molar-refractivity contribution in [2.45, 2.75) is 20.0 Å². The summed E-state index contributed by atoms with van der Waals surface area (Å²) in [6, 6.07) is 2.01. The molecule has 0 bridgehead atoms. The molecule has 1 aliphatic rings. The zero-order valence-electron chi connectivity index (χ0n) is 15.4. The smallest absolute Gasteiger partial charge is 0.239 e. The standard InChI is InChI=1S/C18H22N6O2/c1-11-12(2)21-17-14(20-11)7-15(18(22-17)25-4)24-5-6-26-16(10-24)13-8-19-23(3)9-13/h7-9,16H,5-6,10H2,1-4H3. The number of nitrogens with zero attached hydrogens (tertiary/aromatic N) is 6. The van der Waals surface area contributed by atoms with Crippen LogP contribution in [0.25, 0.3) is 11.2 Å². The van der Waals surface area contributed by atoms with Gasteiger partial charge in [-0.05, 0) is 19.9 Å². The van der Waals surface area contributed by atoms with E-state index in [0.29, 0.717) is 24.7 Å². The maximum Gasteiger partial charge on any atom is 0.239 e. The van der Waals surface area contributed by atoms with Crippen LogP contribution in [0.2, 0.25) is 0 Å². The van der Waals surface area contributed by atoms with E-state index in [9.17, 15) is 0 Å². The van der Waals surface area contributed by atoms with Crippen molar-refractivity contribution in [3.63, 3.8) is 0 Å². The first-order chi connectivity index (χ1) is 12.5. The van der Waals surface area contributed by atoms with E-state index in [0.717, 1.165) is 34.7 Å². The second-order valence-electron chi connectivity index (χ2n) is 6.51. The Labute approximate surface area is 151 Å². The third kappa shape index (κ3) is 2.96. The van der Waals surface area contributed by atoms with Crippen LogP contribution < -0.4 is 9.64 Å². The number of ether oxygens (including phenoxy) is 2. The van der Waals surface area contributed by atoms with Crippen LogP contribution in [0.15, 0.2) is 18.5 Å². The fraction of sp³-hybridized carbons (Fsp3) is 0.444. The molecule has 1 fully saturated rings. The van der Waals surface area contributed by atoms with Gasteiger partial charge in [0.25, 0.3) is 0 Å². The summed E-state index contributed by atoms with van der Waals surface area (Å²) in [6.45, 7) is 5.98. The average molecular weight is 354 g/mol. The number of methoxy groups -OCH3 is 1. The number of hydrogen-bond acceptors (Lipinski definition) is 7. The molecule has 0 aromatic carbocycles. The molecule has 1 unspecified atom stereocenters. The highest BCUT2D eigenvalue weighted by Gasteiger charge is 2.26. The molecule has 8 heteroatoms. The topological polar surface area (TPSA) is 78.2 Å². The molecule has 4 rings (SSSR count). The van der Waals surface area contributed by atoms with Gasteiger partial charge >= 0.3 is 0 Å². The van der Waals surface area contributed by atoms with Gasteiger partial charge in [-0.15, -0.1) is 0 Å². The van der Waals surface area contributed by atoms with E-state index in [1.807, 2.05) is 39.4 Å². The van der Waals surface area contributed by atoms with Crippen molar-refractivity contribution in [1.82, 2.24) is 24.7 Å². The number of aromatic nitrogens is 5. The lowest BCUT2D eigenvalue weighted by Crippen LogP contribution is -2.38. The molecule has 0 spiro atoms. The molecule has 136 valence electrons. The summed E-state index contributed by atoms with van der Waals surface area (Å²) in [5.74, 6) is 0.557. The van der Waals surface area contributed by atoms with Gasteiger partial charge < -0.3 is 14.4 Å². The second-order valence-corrected chi connectivity index (χ2v) is 6.51. The second kappa shape index (κ2) is 6.53. The predicted molar refractivity (Wildman–Crippen MR) is 97.5 cm³/mol. The summed E-state index contributed by atoms with van der Waals surface area (Å²) >= 11 is 0. The monoisotopic (exact) mass is 354 g/mol. The average Bonchev–Trinajstić information content (AvgIpc) is 3.08. The van der Waals surface area contributed by atoms with Crippen molar-refractivity contribution in [3.05, 3.63) is 35.4 Å². The van der Waals surface area contributed by atoms with Gasteiger partial charge in [0.15, 0.2) is 5.65 Å². The molecular formula is C18H22N6O2. The number of aryl methyl sites for hydroxylation is 3. The first kappa shape index (κ1) is 16.7. The maximum absolute atomic E-state index is 5.94. The Hall–Kier alpha value is -2.74. The number of pyridine rings is 1. The Morgan fingerprint density at radius 2 is 2.00 bits per heavy atom. The third-order valence-electron chi connectivity index (χ3n) is 4.71. The number of hydrogen-bond donors (Lipinski definition) is 0. The Balaban J connectivity index is 1.71. The molecule has 26 heavy (non-hydrogen) atoms. The highest BCUT2D eigenvalue weighted by Crippen LogP contribution is 2.33. The van der Waals surface area contributed by atoms with Crippen LogP contribution in [-0.2, 0) is 11.8 Å². The molecule has 1 atom stereocenters. The molecule has 0 N–H and O–H groups in total. The number of rotatable bonds is 3. The van der Waals surface area contributed by atoms with Gasteiger partial charge in [0, 0.05) is 31.9 Å². The molecule has 1 saturated heterocycles. The van der Waals surface area contributed by atoms with Crippen molar-refractivity contribution in [1.29, 1.82) is 0 Å². The van der Waals surface area contributed by atoms with E-state index in [-0.39, 0.29) is 6.10 Å². The Morgan fingerprint density at radius 3 is 2.73 bits per heavy atom. The molecule has 8 nitrogen and oxygen atoms in total. The molecular weight excluding hydrogens is 332 g/mol. The van der Waals surface area contributed by atoms with Gasteiger partial charge in [-0.3, -0.25) is 4.68 Å². The lowest BCUT2D eigenvalue weighted by Gasteiger charge is -2.34. The van der Waals surface area contributed by atoms with Crippen LogP contribution in [0.4, 0.5) is 5.69 Å². The molecule has 0 saturated carbocycles. The molecule has 3 aromatic heterocycles. The molecule has 0 radical (unpaired) electrons. The van der Waals surface area contributed by atoms with Gasteiger partial charge in [-0.2, -0.15) is 10.1 Å². The summed E-state index contributed by atoms with van der Waals surface area (Å²) in [6.07, 6.45) is 3.80. The lowest BCUT2D eigenvalue weighted by molar-refractivity contribution is 0.0396. The Morgan fingerprint density at radius 1 is 1.19 bits per heavy atom. The Kier molecular flexibility index (Phi) is 4.20. The van der Waals surface area contributed by atoms with Crippen molar-refractivity contribution < 1.29 is 9.47 Å².